The van der Waals surface area contributed by atoms with Crippen molar-refractivity contribution in [2.75, 3.05) is 6.61 Å². The molecule has 0 saturated carbocycles. The Kier molecular flexibility index (Phi) is 5.48. The quantitative estimate of drug-likeness (QED) is 0.724. The Labute approximate surface area is 146 Å². The van der Waals surface area contributed by atoms with E-state index in [4.69, 9.17) is 9.47 Å². The molecule has 0 bridgehead atoms. The number of carbonyl (C=O) groups excluding carboxylic acids is 2. The minimum absolute atomic E-state index is 0.107. The average molecular weight is 342 g/mol. The van der Waals surface area contributed by atoms with Crippen molar-refractivity contribution in [3.63, 3.8) is 0 Å². The van der Waals surface area contributed by atoms with Crippen LogP contribution in [-0.2, 0) is 29.1 Å². The first-order valence-electron chi connectivity index (χ1n) is 8.64. The van der Waals surface area contributed by atoms with Gasteiger partial charge in [0.25, 0.3) is 0 Å². The van der Waals surface area contributed by atoms with E-state index in [1.165, 1.54) is 0 Å². The molecule has 25 heavy (non-hydrogen) atoms. The molecule has 0 atom stereocenters. The molecule has 1 aliphatic carbocycles. The van der Waals surface area contributed by atoms with Gasteiger partial charge in [-0.3, -0.25) is 14.3 Å². The topological polar surface area (TPSA) is 70.4 Å². The molecule has 6 heteroatoms. The number of ether oxygens (including phenoxy) is 2. The molecule has 0 fully saturated rings. The van der Waals surface area contributed by atoms with Crippen molar-refractivity contribution in [2.45, 2.75) is 45.8 Å². The monoisotopic (exact) mass is 342 g/mol. The molecule has 1 aromatic heterocycles. The van der Waals surface area contributed by atoms with Crippen LogP contribution in [0.1, 0.15) is 47.9 Å². The number of Topliss-reactive ketones (excluding diaryl/α,β-unsaturated/α-hetero) is 1. The van der Waals surface area contributed by atoms with Crippen molar-refractivity contribution in [3.8, 4) is 5.75 Å². The minimum atomic E-state index is -0.254. The summed E-state index contributed by atoms with van der Waals surface area (Å²) < 4.78 is 12.5. The van der Waals surface area contributed by atoms with Gasteiger partial charge in [0.15, 0.2) is 5.78 Å². The van der Waals surface area contributed by atoms with Crippen molar-refractivity contribution in [2.24, 2.45) is 0 Å². The fourth-order valence-electron chi connectivity index (χ4n) is 3.05. The van der Waals surface area contributed by atoms with E-state index >= 15 is 0 Å². The summed E-state index contributed by atoms with van der Waals surface area (Å²) in [7, 11) is 0. The van der Waals surface area contributed by atoms with Crippen LogP contribution in [0.5, 0.6) is 5.75 Å². The van der Waals surface area contributed by atoms with Crippen molar-refractivity contribution >= 4 is 11.8 Å². The maximum Gasteiger partial charge on any atom is 0.307 e. The van der Waals surface area contributed by atoms with E-state index < -0.39 is 0 Å². The lowest BCUT2D eigenvalue weighted by molar-refractivity contribution is -0.143. The number of rotatable bonds is 7. The molecule has 0 unspecified atom stereocenters. The third-order valence-corrected chi connectivity index (χ3v) is 4.18. The molecule has 0 N–H and O–H groups in total. The highest BCUT2D eigenvalue weighted by Crippen LogP contribution is 2.26. The number of carbonyl (C=O) groups is 2. The number of nitrogens with zero attached hydrogens (tertiary/aromatic N) is 2. The van der Waals surface area contributed by atoms with Gasteiger partial charge < -0.3 is 9.47 Å². The molecule has 0 aliphatic heterocycles. The first-order valence-corrected chi connectivity index (χ1v) is 8.64. The molecule has 6 nitrogen and oxygen atoms in total. The van der Waals surface area contributed by atoms with Gasteiger partial charge in [-0.1, -0.05) is 18.2 Å². The van der Waals surface area contributed by atoms with E-state index in [9.17, 15) is 9.59 Å². The van der Waals surface area contributed by atoms with Crippen LogP contribution >= 0.6 is 0 Å². The lowest BCUT2D eigenvalue weighted by atomic mass is 9.94. The number of ketones is 1. The molecule has 2 aromatic rings. The van der Waals surface area contributed by atoms with Crippen LogP contribution in [0.2, 0.25) is 0 Å². The van der Waals surface area contributed by atoms with Gasteiger partial charge in [0.05, 0.1) is 25.1 Å². The molecule has 0 saturated heterocycles. The van der Waals surface area contributed by atoms with Crippen LogP contribution in [0.4, 0.5) is 0 Å². The summed E-state index contributed by atoms with van der Waals surface area (Å²) in [5.74, 6) is 0.590. The summed E-state index contributed by atoms with van der Waals surface area (Å²) in [4.78, 5) is 24.0. The van der Waals surface area contributed by atoms with Crippen LogP contribution < -0.4 is 4.74 Å². The highest BCUT2D eigenvalue weighted by atomic mass is 16.5. The molecule has 132 valence electrons. The molecule has 0 radical (unpaired) electrons. The Morgan fingerprint density at radius 2 is 2.04 bits per heavy atom. The van der Waals surface area contributed by atoms with Crippen LogP contribution in [-0.4, -0.2) is 28.1 Å². The highest BCUT2D eigenvalue weighted by Gasteiger charge is 2.27. The summed E-state index contributed by atoms with van der Waals surface area (Å²) in [5.41, 5.74) is 2.23. The largest absolute Gasteiger partial charge is 0.487 e. The van der Waals surface area contributed by atoms with Crippen molar-refractivity contribution in [1.82, 2.24) is 9.78 Å². The second-order valence-corrected chi connectivity index (χ2v) is 5.93. The van der Waals surface area contributed by atoms with Crippen LogP contribution in [0.15, 0.2) is 30.3 Å². The van der Waals surface area contributed by atoms with Gasteiger partial charge >= 0.3 is 5.97 Å². The van der Waals surface area contributed by atoms with Gasteiger partial charge in [-0.2, -0.15) is 5.10 Å². The van der Waals surface area contributed by atoms with Crippen molar-refractivity contribution in [3.05, 3.63) is 47.3 Å². The zero-order valence-electron chi connectivity index (χ0n) is 14.4. The molecule has 1 aromatic carbocycles. The third-order valence-electron chi connectivity index (χ3n) is 4.18. The molecule has 1 heterocycles. The van der Waals surface area contributed by atoms with Crippen LogP contribution in [0.25, 0.3) is 0 Å². The fraction of sp³-hybridized carbons (Fsp3) is 0.421. The average Bonchev–Trinajstić information content (AvgIpc) is 2.99. The van der Waals surface area contributed by atoms with E-state index in [1.54, 1.807) is 11.6 Å². The normalized spacial score (nSPS) is 13.4. The predicted molar refractivity (Wildman–Crippen MR) is 91.5 cm³/mol. The van der Waals surface area contributed by atoms with Gasteiger partial charge in [0.1, 0.15) is 18.1 Å². The standard InChI is InChI=1S/C19H22N2O4/c1-2-24-18(23)11-12-21-16-9-6-10-17(22)19(16)15(20-21)13-25-14-7-4-3-5-8-14/h3-5,7-8H,2,6,9-13H2,1H3. The first-order chi connectivity index (χ1) is 12.2. The van der Waals surface area contributed by atoms with E-state index in [2.05, 4.69) is 5.10 Å². The lowest BCUT2D eigenvalue weighted by Crippen LogP contribution is -2.16. The lowest BCUT2D eigenvalue weighted by Gasteiger charge is -2.13. The molecule has 0 amide bonds. The first kappa shape index (κ1) is 17.2. The Morgan fingerprint density at radius 1 is 1.24 bits per heavy atom. The van der Waals surface area contributed by atoms with E-state index in [0.717, 1.165) is 24.3 Å². The van der Waals surface area contributed by atoms with Crippen molar-refractivity contribution in [1.29, 1.82) is 0 Å². The number of fused-ring (bicyclic) bond motifs is 1. The maximum atomic E-state index is 12.4. The summed E-state index contributed by atoms with van der Waals surface area (Å²) in [6, 6.07) is 9.45. The molecule has 3 rings (SSSR count). The van der Waals surface area contributed by atoms with E-state index in [0.29, 0.717) is 30.8 Å². The fourth-order valence-corrected chi connectivity index (χ4v) is 3.05. The van der Waals surface area contributed by atoms with E-state index in [1.807, 2.05) is 30.3 Å². The number of hydrogen-bond donors (Lipinski definition) is 0. The number of para-hydroxylation sites is 1. The Bertz CT molecular complexity index is 752. The number of benzene rings is 1. The summed E-state index contributed by atoms with van der Waals surface area (Å²) >= 11 is 0. The smallest absolute Gasteiger partial charge is 0.307 e. The molecule has 0 spiro atoms. The summed E-state index contributed by atoms with van der Waals surface area (Å²) in [6.07, 6.45) is 2.39. The Balaban J connectivity index is 1.77. The number of aromatic nitrogens is 2. The third kappa shape index (κ3) is 4.07. The van der Waals surface area contributed by atoms with Gasteiger partial charge in [-0.05, 0) is 31.9 Å². The maximum absolute atomic E-state index is 12.4. The van der Waals surface area contributed by atoms with Gasteiger partial charge in [-0.25, -0.2) is 0 Å². The summed E-state index contributed by atoms with van der Waals surface area (Å²) in [6.45, 7) is 2.81. The summed E-state index contributed by atoms with van der Waals surface area (Å²) in [5, 5.41) is 4.55. The number of esters is 1. The molecular formula is C19H22N2O4. The van der Waals surface area contributed by atoms with Gasteiger partial charge in [-0.15, -0.1) is 0 Å². The zero-order valence-corrected chi connectivity index (χ0v) is 14.4. The predicted octanol–water partition coefficient (Wildman–Crippen LogP) is 2.93. The van der Waals surface area contributed by atoms with Crippen LogP contribution in [0.3, 0.4) is 0 Å². The van der Waals surface area contributed by atoms with Gasteiger partial charge in [0.2, 0.25) is 0 Å². The van der Waals surface area contributed by atoms with Crippen LogP contribution in [0, 0.1) is 0 Å². The van der Waals surface area contributed by atoms with E-state index in [-0.39, 0.29) is 24.8 Å². The number of aryl methyl sites for hydroxylation is 1. The van der Waals surface area contributed by atoms with Crippen molar-refractivity contribution < 1.29 is 19.1 Å². The zero-order chi connectivity index (χ0) is 17.6. The minimum Gasteiger partial charge on any atom is -0.487 e. The highest BCUT2D eigenvalue weighted by molar-refractivity contribution is 5.99. The second-order valence-electron chi connectivity index (χ2n) is 5.93. The molecule has 1 aliphatic rings. The Hall–Kier alpha value is -2.63. The SMILES string of the molecule is CCOC(=O)CCn1nc(COc2ccccc2)c2c1CCCC2=O. The number of hydrogen-bond acceptors (Lipinski definition) is 5. The Morgan fingerprint density at radius 3 is 2.80 bits per heavy atom. The van der Waals surface area contributed by atoms with Gasteiger partial charge in [0, 0.05) is 12.1 Å². The molecular weight excluding hydrogens is 320 g/mol. The second kappa shape index (κ2) is 7.96.